The van der Waals surface area contributed by atoms with Crippen LogP contribution in [-0.2, 0) is 13.0 Å². The third-order valence-electron chi connectivity index (χ3n) is 4.12. The van der Waals surface area contributed by atoms with Crippen molar-refractivity contribution in [1.29, 1.82) is 0 Å². The molecule has 3 rings (SSSR count). The Balaban J connectivity index is 1.76. The third kappa shape index (κ3) is 4.32. The predicted molar refractivity (Wildman–Crippen MR) is 94.5 cm³/mol. The molecule has 1 aromatic heterocycles. The number of nitrogens with one attached hydrogen (secondary N) is 2. The molecule has 0 aliphatic carbocycles. The highest BCUT2D eigenvalue weighted by Gasteiger charge is 2.24. The van der Waals surface area contributed by atoms with Crippen molar-refractivity contribution in [2.45, 2.75) is 32.4 Å². The summed E-state index contributed by atoms with van der Waals surface area (Å²) in [7, 11) is 0. The van der Waals surface area contributed by atoms with Gasteiger partial charge in [-0.25, -0.2) is 5.10 Å². The number of hydrogen-bond acceptors (Lipinski definition) is 5. The monoisotopic (exact) mass is 342 g/mol. The van der Waals surface area contributed by atoms with Crippen LogP contribution in [0.3, 0.4) is 0 Å². The summed E-state index contributed by atoms with van der Waals surface area (Å²) in [6.07, 6.45) is 0.793. The van der Waals surface area contributed by atoms with Crippen molar-refractivity contribution in [2.75, 3.05) is 18.4 Å². The molecule has 0 spiro atoms. The van der Waals surface area contributed by atoms with Crippen LogP contribution in [0, 0.1) is 0 Å². The summed E-state index contributed by atoms with van der Waals surface area (Å²) in [6, 6.07) is 8.49. The molecule has 2 heterocycles. The second kappa shape index (κ2) is 6.78. The number of benzene rings is 1. The van der Waals surface area contributed by atoms with Gasteiger partial charge in [0.15, 0.2) is 0 Å². The van der Waals surface area contributed by atoms with Crippen LogP contribution in [0.15, 0.2) is 35.1 Å². The normalized spacial score (nSPS) is 14.8. The number of amides is 1. The summed E-state index contributed by atoms with van der Waals surface area (Å²) in [5.41, 5.74) is 2.09. The highest BCUT2D eigenvalue weighted by atomic mass is 16.3. The first-order valence-electron chi connectivity index (χ1n) is 8.24. The lowest BCUT2D eigenvalue weighted by atomic mass is 9.96. The zero-order valence-electron chi connectivity index (χ0n) is 14.4. The fraction of sp³-hybridized carbons (Fsp3) is 0.389. The van der Waals surface area contributed by atoms with E-state index < -0.39 is 5.60 Å². The Bertz CT molecular complexity index is 818. The molecule has 1 aliphatic rings. The second-order valence-corrected chi connectivity index (χ2v) is 6.98. The standard InChI is InChI=1S/C18H22N4O3/c1-18(2,25)11-22-9-8-13-12(10-22)4-3-5-14(13)19-17(24)15-6-7-16(23)21-20-15/h3-7,25H,8-11H2,1-2H3,(H,19,24)(H,21,23). The molecule has 3 N–H and O–H groups in total. The first kappa shape index (κ1) is 17.3. The van der Waals surface area contributed by atoms with Crippen LogP contribution in [0.1, 0.15) is 35.5 Å². The predicted octanol–water partition coefficient (Wildman–Crippen LogP) is 1.15. The number of carbonyl (C=O) groups excluding carboxylic acids is 1. The van der Waals surface area contributed by atoms with Crippen molar-refractivity contribution < 1.29 is 9.90 Å². The molecule has 0 atom stereocenters. The molecule has 25 heavy (non-hydrogen) atoms. The number of aliphatic hydroxyl groups is 1. The zero-order chi connectivity index (χ0) is 18.0. The number of carbonyl (C=O) groups is 1. The number of nitrogens with zero attached hydrogens (tertiary/aromatic N) is 2. The first-order valence-corrected chi connectivity index (χ1v) is 8.24. The number of β-amino-alcohol motifs (C(OH)–C–C–N with tert-alkyl or cyclic N) is 1. The van der Waals surface area contributed by atoms with E-state index in [2.05, 4.69) is 20.4 Å². The van der Waals surface area contributed by atoms with E-state index in [0.29, 0.717) is 6.54 Å². The average Bonchev–Trinajstić information content (AvgIpc) is 2.54. The van der Waals surface area contributed by atoms with E-state index in [4.69, 9.17) is 0 Å². The van der Waals surface area contributed by atoms with Gasteiger partial charge < -0.3 is 10.4 Å². The molecule has 1 aromatic carbocycles. The zero-order valence-corrected chi connectivity index (χ0v) is 14.4. The van der Waals surface area contributed by atoms with E-state index in [9.17, 15) is 14.7 Å². The molecule has 0 unspecified atom stereocenters. The Kier molecular flexibility index (Phi) is 4.69. The largest absolute Gasteiger partial charge is 0.389 e. The van der Waals surface area contributed by atoms with Gasteiger partial charge in [-0.05, 0) is 43.5 Å². The SMILES string of the molecule is CC(C)(O)CN1CCc2c(cccc2NC(=O)c2ccc(=O)[nH]n2)C1. The maximum atomic E-state index is 12.3. The van der Waals surface area contributed by atoms with E-state index >= 15 is 0 Å². The van der Waals surface area contributed by atoms with Crippen LogP contribution < -0.4 is 10.9 Å². The summed E-state index contributed by atoms with van der Waals surface area (Å²) < 4.78 is 0. The van der Waals surface area contributed by atoms with Crippen molar-refractivity contribution >= 4 is 11.6 Å². The molecule has 1 aliphatic heterocycles. The van der Waals surface area contributed by atoms with Gasteiger partial charge >= 0.3 is 0 Å². The Hall–Kier alpha value is -2.51. The second-order valence-electron chi connectivity index (χ2n) is 6.98. The lowest BCUT2D eigenvalue weighted by molar-refractivity contribution is 0.0318. The van der Waals surface area contributed by atoms with Gasteiger partial charge in [0.05, 0.1) is 5.60 Å². The van der Waals surface area contributed by atoms with E-state index in [-0.39, 0.29) is 17.2 Å². The molecule has 2 aromatic rings. The summed E-state index contributed by atoms with van der Waals surface area (Å²) in [5, 5.41) is 18.9. The fourth-order valence-corrected chi connectivity index (χ4v) is 3.12. The molecular formula is C18H22N4O3. The van der Waals surface area contributed by atoms with Gasteiger partial charge in [0, 0.05) is 31.4 Å². The number of H-pyrrole nitrogens is 1. The Morgan fingerprint density at radius 2 is 2.16 bits per heavy atom. The van der Waals surface area contributed by atoms with Crippen LogP contribution in [0.25, 0.3) is 0 Å². The summed E-state index contributed by atoms with van der Waals surface area (Å²) in [5.74, 6) is -0.358. The van der Waals surface area contributed by atoms with Crippen molar-refractivity contribution in [3.05, 3.63) is 57.5 Å². The lowest BCUT2D eigenvalue weighted by Crippen LogP contribution is -2.41. The lowest BCUT2D eigenvalue weighted by Gasteiger charge is -2.33. The van der Waals surface area contributed by atoms with E-state index in [0.717, 1.165) is 36.3 Å². The third-order valence-corrected chi connectivity index (χ3v) is 4.12. The summed E-state index contributed by atoms with van der Waals surface area (Å²) in [6.45, 7) is 5.76. The minimum absolute atomic E-state index is 0.164. The summed E-state index contributed by atoms with van der Waals surface area (Å²) >= 11 is 0. The molecule has 7 nitrogen and oxygen atoms in total. The topological polar surface area (TPSA) is 98.3 Å². The number of aromatic nitrogens is 2. The maximum Gasteiger partial charge on any atom is 0.276 e. The number of hydrogen-bond donors (Lipinski definition) is 3. The van der Waals surface area contributed by atoms with Crippen molar-refractivity contribution in [1.82, 2.24) is 15.1 Å². The Morgan fingerprint density at radius 1 is 1.36 bits per heavy atom. The van der Waals surface area contributed by atoms with E-state index in [1.165, 1.54) is 12.1 Å². The number of fused-ring (bicyclic) bond motifs is 1. The quantitative estimate of drug-likeness (QED) is 0.774. The molecule has 1 amide bonds. The molecule has 132 valence electrons. The minimum Gasteiger partial charge on any atom is -0.389 e. The van der Waals surface area contributed by atoms with Crippen LogP contribution in [0.2, 0.25) is 0 Å². The molecule has 0 saturated carbocycles. The van der Waals surface area contributed by atoms with Gasteiger partial charge in [0.1, 0.15) is 5.69 Å². The van der Waals surface area contributed by atoms with Gasteiger partial charge in [0.25, 0.3) is 11.5 Å². The minimum atomic E-state index is -0.737. The van der Waals surface area contributed by atoms with Gasteiger partial charge in [0.2, 0.25) is 0 Å². The molecule has 7 heteroatoms. The highest BCUT2D eigenvalue weighted by Crippen LogP contribution is 2.27. The Labute approximate surface area is 145 Å². The molecule has 0 fully saturated rings. The van der Waals surface area contributed by atoms with Crippen LogP contribution in [-0.4, -0.2) is 44.8 Å². The molecule has 0 radical (unpaired) electrons. The average molecular weight is 342 g/mol. The molecule has 0 bridgehead atoms. The first-order chi connectivity index (χ1) is 11.8. The maximum absolute atomic E-state index is 12.3. The van der Waals surface area contributed by atoms with Gasteiger partial charge in [-0.15, -0.1) is 0 Å². The molecule has 0 saturated heterocycles. The number of anilines is 1. The van der Waals surface area contributed by atoms with Crippen molar-refractivity contribution in [3.63, 3.8) is 0 Å². The van der Waals surface area contributed by atoms with Crippen molar-refractivity contribution in [3.8, 4) is 0 Å². The molecular weight excluding hydrogens is 320 g/mol. The van der Waals surface area contributed by atoms with Crippen LogP contribution in [0.4, 0.5) is 5.69 Å². The van der Waals surface area contributed by atoms with E-state index in [1.54, 1.807) is 13.8 Å². The summed E-state index contributed by atoms with van der Waals surface area (Å²) in [4.78, 5) is 25.6. The van der Waals surface area contributed by atoms with Gasteiger partial charge in [-0.1, -0.05) is 12.1 Å². The van der Waals surface area contributed by atoms with Crippen LogP contribution >= 0.6 is 0 Å². The fourth-order valence-electron chi connectivity index (χ4n) is 3.12. The smallest absolute Gasteiger partial charge is 0.276 e. The highest BCUT2D eigenvalue weighted by molar-refractivity contribution is 6.03. The number of aromatic amines is 1. The Morgan fingerprint density at radius 3 is 2.84 bits per heavy atom. The van der Waals surface area contributed by atoms with E-state index in [1.807, 2.05) is 18.2 Å². The van der Waals surface area contributed by atoms with Crippen molar-refractivity contribution in [2.24, 2.45) is 0 Å². The van der Waals surface area contributed by atoms with Gasteiger partial charge in [-0.2, -0.15) is 5.10 Å². The number of rotatable bonds is 4. The van der Waals surface area contributed by atoms with Crippen LogP contribution in [0.5, 0.6) is 0 Å². The van der Waals surface area contributed by atoms with Gasteiger partial charge in [-0.3, -0.25) is 14.5 Å².